The average molecular weight is 414 g/mol. The number of amides is 1. The molecule has 0 bridgehead atoms. The largest absolute Gasteiger partial charge is 0.344 e. The molecule has 0 atom stereocenters. The van der Waals surface area contributed by atoms with Crippen molar-refractivity contribution in [2.75, 3.05) is 32.9 Å². The molecule has 22 heavy (non-hydrogen) atoms. The number of rotatable bonds is 8. The number of benzene rings is 1. The van der Waals surface area contributed by atoms with Crippen LogP contribution in [0.4, 0.5) is 0 Å². The van der Waals surface area contributed by atoms with Crippen molar-refractivity contribution in [1.82, 2.24) is 10.2 Å². The smallest absolute Gasteiger partial charge is 0.222 e. The number of nitrogens with one attached hydrogen (secondary N) is 1. The topological polar surface area (TPSA) is 66.5 Å². The van der Waals surface area contributed by atoms with E-state index < -0.39 is 9.84 Å². The Balaban J connectivity index is 0.00000441. The van der Waals surface area contributed by atoms with Crippen LogP contribution in [0.2, 0.25) is 0 Å². The van der Waals surface area contributed by atoms with Gasteiger partial charge in [0.05, 0.1) is 10.6 Å². The van der Waals surface area contributed by atoms with Gasteiger partial charge in [0.15, 0.2) is 9.84 Å². The Morgan fingerprint density at radius 2 is 1.86 bits per heavy atom. The SMILES string of the molecule is CNCCN(C)C(=O)CCCS(=O)(=O)c1ccc(Br)cc1.Cl. The van der Waals surface area contributed by atoms with Crippen LogP contribution in [0.15, 0.2) is 33.6 Å². The minimum Gasteiger partial charge on any atom is -0.344 e. The van der Waals surface area contributed by atoms with Gasteiger partial charge in [-0.3, -0.25) is 4.79 Å². The first-order valence-electron chi connectivity index (χ1n) is 6.73. The molecule has 0 saturated carbocycles. The number of carbonyl (C=O) groups excluding carboxylic acids is 1. The summed E-state index contributed by atoms with van der Waals surface area (Å²) >= 11 is 3.27. The van der Waals surface area contributed by atoms with Crippen LogP contribution in [-0.2, 0) is 14.6 Å². The summed E-state index contributed by atoms with van der Waals surface area (Å²) in [6.07, 6.45) is 0.580. The fraction of sp³-hybridized carbons (Fsp3) is 0.500. The molecule has 1 aromatic carbocycles. The van der Waals surface area contributed by atoms with Crippen molar-refractivity contribution in [3.8, 4) is 0 Å². The first-order chi connectivity index (χ1) is 9.86. The van der Waals surface area contributed by atoms with Crippen LogP contribution in [0.3, 0.4) is 0 Å². The normalized spacial score (nSPS) is 10.9. The molecular formula is C14H22BrClN2O3S. The van der Waals surface area contributed by atoms with E-state index in [2.05, 4.69) is 21.2 Å². The van der Waals surface area contributed by atoms with Crippen molar-refractivity contribution >= 4 is 44.1 Å². The maximum atomic E-state index is 12.1. The summed E-state index contributed by atoms with van der Waals surface area (Å²) in [7, 11) is 0.228. The van der Waals surface area contributed by atoms with E-state index in [-0.39, 0.29) is 30.5 Å². The van der Waals surface area contributed by atoms with E-state index in [1.807, 2.05) is 7.05 Å². The van der Waals surface area contributed by atoms with Crippen LogP contribution < -0.4 is 5.32 Å². The summed E-state index contributed by atoms with van der Waals surface area (Å²) in [5.74, 6) is -0.0449. The van der Waals surface area contributed by atoms with Crippen molar-refractivity contribution in [3.63, 3.8) is 0 Å². The molecule has 1 amide bonds. The van der Waals surface area contributed by atoms with Crippen LogP contribution in [0.5, 0.6) is 0 Å². The summed E-state index contributed by atoms with van der Waals surface area (Å²) in [5, 5.41) is 2.97. The Morgan fingerprint density at radius 1 is 1.27 bits per heavy atom. The second-order valence-corrected chi connectivity index (χ2v) is 7.82. The van der Waals surface area contributed by atoms with E-state index in [1.54, 1.807) is 36.2 Å². The quantitative estimate of drug-likeness (QED) is 0.709. The second-order valence-electron chi connectivity index (χ2n) is 4.80. The van der Waals surface area contributed by atoms with Gasteiger partial charge in [-0.1, -0.05) is 15.9 Å². The summed E-state index contributed by atoms with van der Waals surface area (Å²) in [5.41, 5.74) is 0. The van der Waals surface area contributed by atoms with Crippen LogP contribution in [-0.4, -0.2) is 52.2 Å². The summed E-state index contributed by atoms with van der Waals surface area (Å²) in [6, 6.07) is 6.54. The van der Waals surface area contributed by atoms with Gasteiger partial charge in [0.25, 0.3) is 0 Å². The van der Waals surface area contributed by atoms with Gasteiger partial charge in [-0.05, 0) is 37.7 Å². The van der Waals surface area contributed by atoms with Gasteiger partial charge in [0.2, 0.25) is 5.91 Å². The molecule has 0 unspecified atom stereocenters. The van der Waals surface area contributed by atoms with Gasteiger partial charge in [0.1, 0.15) is 0 Å². The number of halogens is 2. The molecule has 0 aliphatic heterocycles. The molecule has 0 aromatic heterocycles. The van der Waals surface area contributed by atoms with Crippen molar-refractivity contribution in [1.29, 1.82) is 0 Å². The maximum absolute atomic E-state index is 12.1. The molecule has 0 saturated heterocycles. The zero-order valence-corrected chi connectivity index (χ0v) is 15.9. The number of hydrogen-bond donors (Lipinski definition) is 1. The molecule has 0 spiro atoms. The minimum atomic E-state index is -3.32. The van der Waals surface area contributed by atoms with Gasteiger partial charge >= 0.3 is 0 Å². The molecule has 0 aliphatic carbocycles. The third-order valence-electron chi connectivity index (χ3n) is 3.10. The predicted octanol–water partition coefficient (Wildman–Crippen LogP) is 2.10. The van der Waals surface area contributed by atoms with E-state index >= 15 is 0 Å². The molecule has 8 heteroatoms. The van der Waals surface area contributed by atoms with Crippen molar-refractivity contribution < 1.29 is 13.2 Å². The van der Waals surface area contributed by atoms with Crippen LogP contribution in [0.25, 0.3) is 0 Å². The first kappa shape index (κ1) is 21.4. The van der Waals surface area contributed by atoms with E-state index in [1.165, 1.54) is 0 Å². The Hall–Kier alpha value is -0.630. The molecular weight excluding hydrogens is 392 g/mol. The second kappa shape index (κ2) is 10.2. The summed E-state index contributed by atoms with van der Waals surface area (Å²) < 4.78 is 25.1. The van der Waals surface area contributed by atoms with Crippen LogP contribution in [0.1, 0.15) is 12.8 Å². The average Bonchev–Trinajstić information content (AvgIpc) is 2.44. The minimum absolute atomic E-state index is 0. The van der Waals surface area contributed by atoms with E-state index in [4.69, 9.17) is 0 Å². The van der Waals surface area contributed by atoms with Gasteiger partial charge in [-0.15, -0.1) is 12.4 Å². The first-order valence-corrected chi connectivity index (χ1v) is 9.18. The van der Waals surface area contributed by atoms with Gasteiger partial charge in [-0.2, -0.15) is 0 Å². The van der Waals surface area contributed by atoms with E-state index in [9.17, 15) is 13.2 Å². The standard InChI is InChI=1S/C14H21BrN2O3S.ClH/c1-16-9-10-17(2)14(18)4-3-11-21(19,20)13-7-5-12(15)6-8-13;/h5-8,16H,3-4,9-11H2,1-2H3;1H. The highest BCUT2D eigenvalue weighted by molar-refractivity contribution is 9.10. The number of sulfone groups is 1. The van der Waals surface area contributed by atoms with E-state index in [0.717, 1.165) is 11.0 Å². The highest BCUT2D eigenvalue weighted by Crippen LogP contribution is 2.17. The molecule has 1 aromatic rings. The molecule has 126 valence electrons. The highest BCUT2D eigenvalue weighted by Gasteiger charge is 2.16. The maximum Gasteiger partial charge on any atom is 0.222 e. The van der Waals surface area contributed by atoms with Gasteiger partial charge in [0, 0.05) is 31.0 Å². The fourth-order valence-electron chi connectivity index (χ4n) is 1.77. The summed E-state index contributed by atoms with van der Waals surface area (Å²) in [4.78, 5) is 13.7. The van der Waals surface area contributed by atoms with Crippen LogP contribution in [0, 0.1) is 0 Å². The lowest BCUT2D eigenvalue weighted by Gasteiger charge is -2.16. The Bertz CT molecular complexity index is 564. The number of carbonyl (C=O) groups is 1. The molecule has 0 aliphatic rings. The lowest BCUT2D eigenvalue weighted by atomic mass is 10.3. The third-order valence-corrected chi connectivity index (χ3v) is 5.44. The zero-order valence-electron chi connectivity index (χ0n) is 12.7. The highest BCUT2D eigenvalue weighted by atomic mass is 79.9. The molecule has 5 nitrogen and oxygen atoms in total. The molecule has 0 fully saturated rings. The number of likely N-dealkylation sites (N-methyl/N-ethyl adjacent to an activating group) is 2. The van der Waals surface area contributed by atoms with E-state index in [0.29, 0.717) is 17.9 Å². The monoisotopic (exact) mass is 412 g/mol. The molecule has 0 radical (unpaired) electrons. The Kier molecular flexibility index (Phi) is 9.91. The molecule has 1 rings (SSSR count). The molecule has 0 heterocycles. The van der Waals surface area contributed by atoms with Crippen LogP contribution >= 0.6 is 28.3 Å². The van der Waals surface area contributed by atoms with Crippen molar-refractivity contribution in [3.05, 3.63) is 28.7 Å². The van der Waals surface area contributed by atoms with Gasteiger partial charge < -0.3 is 10.2 Å². The van der Waals surface area contributed by atoms with Gasteiger partial charge in [-0.25, -0.2) is 8.42 Å². The zero-order chi connectivity index (χ0) is 15.9. The predicted molar refractivity (Wildman–Crippen MR) is 94.2 cm³/mol. The number of nitrogens with zero attached hydrogens (tertiary/aromatic N) is 1. The number of hydrogen-bond acceptors (Lipinski definition) is 4. The lowest BCUT2D eigenvalue weighted by molar-refractivity contribution is -0.129. The fourth-order valence-corrected chi connectivity index (χ4v) is 3.34. The Morgan fingerprint density at radius 3 is 2.41 bits per heavy atom. The lowest BCUT2D eigenvalue weighted by Crippen LogP contribution is -2.32. The summed E-state index contributed by atoms with van der Waals surface area (Å²) in [6.45, 7) is 1.34. The third kappa shape index (κ3) is 7.09. The molecule has 1 N–H and O–H groups in total. The Labute approximate surface area is 146 Å². The van der Waals surface area contributed by atoms with Crippen molar-refractivity contribution in [2.45, 2.75) is 17.7 Å². The van der Waals surface area contributed by atoms with Crippen molar-refractivity contribution in [2.24, 2.45) is 0 Å².